The highest BCUT2D eigenvalue weighted by molar-refractivity contribution is 4.87. The molecule has 0 bridgehead atoms. The van der Waals surface area contributed by atoms with Crippen molar-refractivity contribution in [3.05, 3.63) is 0 Å². The van der Waals surface area contributed by atoms with Crippen LogP contribution in [0.25, 0.3) is 0 Å². The molecular formula is C9H20N2O. The van der Waals surface area contributed by atoms with Gasteiger partial charge in [-0.15, -0.1) is 0 Å². The Morgan fingerprint density at radius 2 is 2.33 bits per heavy atom. The Labute approximate surface area is 74.5 Å². The van der Waals surface area contributed by atoms with Crippen molar-refractivity contribution in [2.45, 2.75) is 38.3 Å². The summed E-state index contributed by atoms with van der Waals surface area (Å²) in [7, 11) is 0. The third kappa shape index (κ3) is 3.09. The summed E-state index contributed by atoms with van der Waals surface area (Å²) in [5.74, 6) is 0. The molecule has 1 rings (SSSR count). The second kappa shape index (κ2) is 4.21. The van der Waals surface area contributed by atoms with Gasteiger partial charge in [0.2, 0.25) is 0 Å². The molecule has 0 radical (unpaired) electrons. The maximum absolute atomic E-state index is 10.00. The predicted octanol–water partition coefficient (Wildman–Crippen LogP) is 0.0989. The Morgan fingerprint density at radius 3 is 2.83 bits per heavy atom. The molecule has 0 saturated carbocycles. The van der Waals surface area contributed by atoms with Crippen molar-refractivity contribution in [2.24, 2.45) is 0 Å². The minimum absolute atomic E-state index is 0.455. The molecule has 3 heteroatoms. The summed E-state index contributed by atoms with van der Waals surface area (Å²) in [6.07, 6.45) is 2.00. The molecule has 0 spiro atoms. The van der Waals surface area contributed by atoms with Gasteiger partial charge in [0.15, 0.2) is 0 Å². The van der Waals surface area contributed by atoms with Crippen LogP contribution in [-0.4, -0.2) is 36.4 Å². The van der Waals surface area contributed by atoms with Crippen LogP contribution in [0.5, 0.6) is 0 Å². The van der Waals surface area contributed by atoms with Crippen molar-refractivity contribution in [1.82, 2.24) is 10.6 Å². The minimum Gasteiger partial charge on any atom is -0.387 e. The lowest BCUT2D eigenvalue weighted by molar-refractivity contribution is 0.0156. The molecule has 1 heterocycles. The van der Waals surface area contributed by atoms with Crippen LogP contribution >= 0.6 is 0 Å². The van der Waals surface area contributed by atoms with E-state index in [-0.39, 0.29) is 0 Å². The summed E-state index contributed by atoms with van der Waals surface area (Å²) in [4.78, 5) is 0. The van der Waals surface area contributed by atoms with Gasteiger partial charge in [-0.25, -0.2) is 0 Å². The van der Waals surface area contributed by atoms with Crippen molar-refractivity contribution in [3.8, 4) is 0 Å². The number of hydrogen-bond donors (Lipinski definition) is 3. The summed E-state index contributed by atoms with van der Waals surface area (Å²) in [6.45, 7) is 6.67. The zero-order chi connectivity index (χ0) is 9.03. The van der Waals surface area contributed by atoms with Gasteiger partial charge < -0.3 is 15.7 Å². The smallest absolute Gasteiger partial charge is 0.0895 e. The zero-order valence-corrected chi connectivity index (χ0v) is 8.06. The summed E-state index contributed by atoms with van der Waals surface area (Å²) >= 11 is 0. The van der Waals surface area contributed by atoms with Crippen molar-refractivity contribution in [1.29, 1.82) is 0 Å². The zero-order valence-electron chi connectivity index (χ0n) is 8.06. The average Bonchev–Trinajstić information content (AvgIpc) is 2.03. The molecule has 1 unspecified atom stereocenters. The van der Waals surface area contributed by atoms with E-state index in [2.05, 4.69) is 24.5 Å². The fourth-order valence-corrected chi connectivity index (χ4v) is 1.50. The molecule has 1 aliphatic heterocycles. The lowest BCUT2D eigenvalue weighted by Gasteiger charge is -2.33. The molecule has 1 fully saturated rings. The van der Waals surface area contributed by atoms with Crippen molar-refractivity contribution < 1.29 is 5.11 Å². The first-order valence-electron chi connectivity index (χ1n) is 4.79. The maximum atomic E-state index is 10.00. The van der Waals surface area contributed by atoms with Crippen LogP contribution in [0, 0.1) is 0 Å². The van der Waals surface area contributed by atoms with E-state index in [9.17, 15) is 5.11 Å². The second-order valence-corrected chi connectivity index (χ2v) is 4.04. The van der Waals surface area contributed by atoms with E-state index in [1.807, 2.05) is 0 Å². The quantitative estimate of drug-likeness (QED) is 0.565. The largest absolute Gasteiger partial charge is 0.387 e. The molecule has 1 atom stereocenters. The maximum Gasteiger partial charge on any atom is 0.0895 e. The van der Waals surface area contributed by atoms with E-state index in [4.69, 9.17) is 0 Å². The fourth-order valence-electron chi connectivity index (χ4n) is 1.50. The molecular weight excluding hydrogens is 152 g/mol. The van der Waals surface area contributed by atoms with Gasteiger partial charge in [-0.1, -0.05) is 13.8 Å². The van der Waals surface area contributed by atoms with Crippen molar-refractivity contribution >= 4 is 0 Å². The first kappa shape index (κ1) is 9.96. The van der Waals surface area contributed by atoms with Crippen molar-refractivity contribution in [3.63, 3.8) is 0 Å². The van der Waals surface area contributed by atoms with E-state index in [1.54, 1.807) is 0 Å². The van der Waals surface area contributed by atoms with E-state index in [0.29, 0.717) is 12.6 Å². The molecule has 72 valence electrons. The summed E-state index contributed by atoms with van der Waals surface area (Å²) in [6, 6.07) is 0.455. The van der Waals surface area contributed by atoms with Gasteiger partial charge in [0.05, 0.1) is 5.60 Å². The van der Waals surface area contributed by atoms with E-state index in [0.717, 1.165) is 25.9 Å². The lowest BCUT2D eigenvalue weighted by Crippen LogP contribution is -2.52. The number of aliphatic hydroxyl groups is 1. The third-order valence-corrected chi connectivity index (χ3v) is 2.29. The first-order chi connectivity index (χ1) is 5.62. The van der Waals surface area contributed by atoms with E-state index in [1.165, 1.54) is 0 Å². The van der Waals surface area contributed by atoms with Gasteiger partial charge >= 0.3 is 0 Å². The standard InChI is InChI=1S/C9H20N2O/c1-8(2)11-7-9(12)4-3-5-10-6-9/h8,10-12H,3-7H2,1-2H3. The Morgan fingerprint density at radius 1 is 1.58 bits per heavy atom. The van der Waals surface area contributed by atoms with Gasteiger partial charge in [-0.3, -0.25) is 0 Å². The molecule has 3 N–H and O–H groups in total. The summed E-state index contributed by atoms with van der Waals surface area (Å²) < 4.78 is 0. The lowest BCUT2D eigenvalue weighted by atomic mass is 9.94. The molecule has 3 nitrogen and oxygen atoms in total. The molecule has 0 aromatic rings. The average molecular weight is 172 g/mol. The normalized spacial score (nSPS) is 31.0. The topological polar surface area (TPSA) is 44.3 Å². The monoisotopic (exact) mass is 172 g/mol. The number of piperidine rings is 1. The van der Waals surface area contributed by atoms with Crippen LogP contribution in [0.1, 0.15) is 26.7 Å². The van der Waals surface area contributed by atoms with Crippen LogP contribution in [0.4, 0.5) is 0 Å². The number of rotatable bonds is 3. The van der Waals surface area contributed by atoms with Gasteiger partial charge in [0.25, 0.3) is 0 Å². The Kier molecular flexibility index (Phi) is 3.50. The summed E-state index contributed by atoms with van der Waals surface area (Å²) in [5, 5.41) is 16.5. The molecule has 0 aromatic carbocycles. The highest BCUT2D eigenvalue weighted by Gasteiger charge is 2.28. The van der Waals surface area contributed by atoms with E-state index >= 15 is 0 Å². The Hall–Kier alpha value is -0.120. The SMILES string of the molecule is CC(C)NCC1(O)CCCNC1. The molecule has 1 saturated heterocycles. The number of β-amino-alcohol motifs (C(OH)–C–C–N with tert-alkyl or cyclic N) is 1. The minimum atomic E-state index is -0.511. The van der Waals surface area contributed by atoms with Crippen LogP contribution in [-0.2, 0) is 0 Å². The molecule has 0 amide bonds. The first-order valence-corrected chi connectivity index (χ1v) is 4.79. The van der Waals surface area contributed by atoms with Crippen molar-refractivity contribution in [2.75, 3.05) is 19.6 Å². The van der Waals surface area contributed by atoms with Gasteiger partial charge in [0.1, 0.15) is 0 Å². The van der Waals surface area contributed by atoms with Crippen LogP contribution < -0.4 is 10.6 Å². The Bertz CT molecular complexity index is 130. The van der Waals surface area contributed by atoms with Crippen LogP contribution in [0.2, 0.25) is 0 Å². The highest BCUT2D eigenvalue weighted by atomic mass is 16.3. The fraction of sp³-hybridized carbons (Fsp3) is 1.00. The van der Waals surface area contributed by atoms with Crippen LogP contribution in [0.15, 0.2) is 0 Å². The Balaban J connectivity index is 2.26. The highest BCUT2D eigenvalue weighted by Crippen LogP contribution is 2.14. The van der Waals surface area contributed by atoms with Gasteiger partial charge in [-0.05, 0) is 19.4 Å². The van der Waals surface area contributed by atoms with Gasteiger partial charge in [0, 0.05) is 19.1 Å². The predicted molar refractivity (Wildman–Crippen MR) is 50.2 cm³/mol. The number of nitrogens with one attached hydrogen (secondary N) is 2. The third-order valence-electron chi connectivity index (χ3n) is 2.29. The second-order valence-electron chi connectivity index (χ2n) is 4.04. The summed E-state index contributed by atoms with van der Waals surface area (Å²) in [5.41, 5.74) is -0.511. The molecule has 1 aliphatic rings. The molecule has 12 heavy (non-hydrogen) atoms. The van der Waals surface area contributed by atoms with E-state index < -0.39 is 5.60 Å². The van der Waals surface area contributed by atoms with Crippen LogP contribution in [0.3, 0.4) is 0 Å². The molecule has 0 aliphatic carbocycles. The van der Waals surface area contributed by atoms with Gasteiger partial charge in [-0.2, -0.15) is 0 Å². The molecule has 0 aromatic heterocycles. The number of hydrogen-bond acceptors (Lipinski definition) is 3.